The SMILES string of the molecule is Nc1nc2ncc(CNc3ccc(C(=O)NC(CCC(=O)OC#CC(Cl)(Cl)Cl)C(=O)O)cc3)nc2c(=O)[nH]1. The smallest absolute Gasteiger partial charge is 0.326 e. The standard InChI is InChI=1S/C22H18Cl3N7O6/c23-22(24,25)7-8-38-15(33)6-5-14(20(36)37)30-18(34)11-1-3-12(4-2-11)27-9-13-10-28-17-16(29-13)19(35)32-21(26)31-17/h1-4,10,14,27H,5-6,9H2,(H,30,34)(H,36,37)(H3,26,28,31,32,35). The van der Waals surface area contributed by atoms with E-state index in [1.165, 1.54) is 18.3 Å². The van der Waals surface area contributed by atoms with E-state index in [-0.39, 0.29) is 42.1 Å². The molecular formula is C22H18Cl3N7O6. The number of alkyl halides is 3. The summed E-state index contributed by atoms with van der Waals surface area (Å²) in [4.78, 5) is 62.3. The summed E-state index contributed by atoms with van der Waals surface area (Å²) in [6.45, 7) is 0.210. The van der Waals surface area contributed by atoms with Crippen molar-refractivity contribution in [2.45, 2.75) is 29.2 Å². The Morgan fingerprint density at radius 3 is 2.55 bits per heavy atom. The van der Waals surface area contributed by atoms with Crippen molar-refractivity contribution in [1.29, 1.82) is 0 Å². The lowest BCUT2D eigenvalue weighted by molar-refractivity contribution is -0.140. The minimum Gasteiger partial charge on any atom is -0.480 e. The molecule has 0 spiro atoms. The van der Waals surface area contributed by atoms with Crippen LogP contribution in [0.15, 0.2) is 35.3 Å². The van der Waals surface area contributed by atoms with Crippen LogP contribution in [0.2, 0.25) is 0 Å². The Bertz CT molecular complexity index is 1480. The topological polar surface area (TPSA) is 202 Å². The van der Waals surface area contributed by atoms with E-state index in [9.17, 15) is 24.3 Å². The van der Waals surface area contributed by atoms with Gasteiger partial charge in [-0.3, -0.25) is 19.4 Å². The molecule has 6 N–H and O–H groups in total. The maximum atomic E-state index is 12.5. The maximum Gasteiger partial charge on any atom is 0.326 e. The number of nitrogens with zero attached hydrogens (tertiary/aromatic N) is 3. The van der Waals surface area contributed by atoms with Crippen LogP contribution in [0.25, 0.3) is 11.2 Å². The fraction of sp³-hybridized carbons (Fsp3) is 0.227. The molecule has 0 saturated heterocycles. The third-order valence-corrected chi connectivity index (χ3v) is 4.99. The summed E-state index contributed by atoms with van der Waals surface area (Å²) in [6.07, 6.45) is 2.74. The van der Waals surface area contributed by atoms with Crippen molar-refractivity contribution in [3.8, 4) is 12.0 Å². The van der Waals surface area contributed by atoms with Crippen LogP contribution in [0.4, 0.5) is 11.6 Å². The van der Waals surface area contributed by atoms with Crippen molar-refractivity contribution >= 4 is 75.4 Å². The molecule has 0 saturated carbocycles. The lowest BCUT2D eigenvalue weighted by Crippen LogP contribution is -2.41. The van der Waals surface area contributed by atoms with Gasteiger partial charge in [-0.1, -0.05) is 34.8 Å². The van der Waals surface area contributed by atoms with Crippen molar-refractivity contribution in [2.24, 2.45) is 0 Å². The molecule has 1 aromatic carbocycles. The second kappa shape index (κ2) is 12.4. The van der Waals surface area contributed by atoms with Gasteiger partial charge in [0.15, 0.2) is 11.2 Å². The highest BCUT2D eigenvalue weighted by Gasteiger charge is 2.22. The van der Waals surface area contributed by atoms with Gasteiger partial charge < -0.3 is 26.2 Å². The average Bonchev–Trinajstić information content (AvgIpc) is 2.84. The Balaban J connectivity index is 1.55. The number of nitrogens with one attached hydrogen (secondary N) is 3. The number of carbonyl (C=O) groups excluding carboxylic acids is 2. The zero-order valence-electron chi connectivity index (χ0n) is 19.1. The number of hydrogen-bond acceptors (Lipinski definition) is 10. The molecular weight excluding hydrogens is 565 g/mol. The first-order valence-electron chi connectivity index (χ1n) is 10.6. The highest BCUT2D eigenvalue weighted by molar-refractivity contribution is 6.69. The number of halogens is 3. The van der Waals surface area contributed by atoms with E-state index in [4.69, 9.17) is 40.5 Å². The van der Waals surface area contributed by atoms with E-state index in [1.54, 1.807) is 12.1 Å². The second-order valence-corrected chi connectivity index (χ2v) is 9.80. The van der Waals surface area contributed by atoms with Gasteiger partial charge in [0, 0.05) is 17.7 Å². The monoisotopic (exact) mass is 581 g/mol. The summed E-state index contributed by atoms with van der Waals surface area (Å²) >= 11 is 16.2. The fourth-order valence-corrected chi connectivity index (χ4v) is 3.06. The Morgan fingerprint density at radius 1 is 1.18 bits per heavy atom. The first kappa shape index (κ1) is 28.5. The van der Waals surface area contributed by atoms with Crippen LogP contribution < -0.4 is 21.9 Å². The van der Waals surface area contributed by atoms with Gasteiger partial charge in [-0.15, -0.1) is 0 Å². The number of esters is 1. The zero-order valence-corrected chi connectivity index (χ0v) is 21.4. The molecule has 0 aliphatic carbocycles. The van der Waals surface area contributed by atoms with Gasteiger partial charge in [0.25, 0.3) is 15.3 Å². The number of H-pyrrole nitrogens is 1. The van der Waals surface area contributed by atoms with E-state index < -0.39 is 33.2 Å². The van der Waals surface area contributed by atoms with Crippen LogP contribution in [-0.4, -0.2) is 52.7 Å². The van der Waals surface area contributed by atoms with E-state index >= 15 is 0 Å². The minimum atomic E-state index is -1.93. The molecule has 0 aliphatic rings. The van der Waals surface area contributed by atoms with Gasteiger partial charge in [0.2, 0.25) is 5.95 Å². The molecule has 3 rings (SSSR count). The van der Waals surface area contributed by atoms with Crippen LogP contribution in [-0.2, 0) is 20.9 Å². The summed E-state index contributed by atoms with van der Waals surface area (Å²) in [5.41, 5.74) is 6.39. The molecule has 3 aromatic rings. The number of amides is 1. The largest absolute Gasteiger partial charge is 0.480 e. The molecule has 13 nitrogen and oxygen atoms in total. The molecule has 38 heavy (non-hydrogen) atoms. The summed E-state index contributed by atoms with van der Waals surface area (Å²) in [6, 6.07) is 4.76. The van der Waals surface area contributed by atoms with Crippen molar-refractivity contribution in [1.82, 2.24) is 25.3 Å². The lowest BCUT2D eigenvalue weighted by Gasteiger charge is -2.14. The number of hydrogen-bond donors (Lipinski definition) is 5. The Kier molecular flexibility index (Phi) is 9.30. The average molecular weight is 583 g/mol. The molecule has 1 amide bonds. The van der Waals surface area contributed by atoms with E-state index in [0.717, 1.165) is 0 Å². The van der Waals surface area contributed by atoms with Crippen LogP contribution in [0.1, 0.15) is 28.9 Å². The number of carbonyl (C=O) groups is 3. The van der Waals surface area contributed by atoms with E-state index in [1.807, 2.05) is 12.0 Å². The highest BCUT2D eigenvalue weighted by atomic mass is 35.6. The predicted octanol–water partition coefficient (Wildman–Crippen LogP) is 1.74. The van der Waals surface area contributed by atoms with Gasteiger partial charge in [0.1, 0.15) is 12.1 Å². The third-order valence-electron chi connectivity index (χ3n) is 4.71. The Morgan fingerprint density at radius 2 is 1.89 bits per heavy atom. The third kappa shape index (κ3) is 8.48. The number of aromatic nitrogens is 4. The molecule has 0 aliphatic heterocycles. The van der Waals surface area contributed by atoms with Crippen LogP contribution in [0.3, 0.4) is 0 Å². The minimum absolute atomic E-state index is 0.0440. The van der Waals surface area contributed by atoms with Gasteiger partial charge in [0.05, 0.1) is 18.4 Å². The fourth-order valence-electron chi connectivity index (χ4n) is 2.94. The summed E-state index contributed by atoms with van der Waals surface area (Å²) in [5, 5.41) is 14.8. The molecule has 0 fully saturated rings. The number of anilines is 2. The number of nitrogens with two attached hydrogens (primary N) is 1. The molecule has 1 unspecified atom stereocenters. The summed E-state index contributed by atoms with van der Waals surface area (Å²) in [7, 11) is 0. The number of aromatic amines is 1. The van der Waals surface area contributed by atoms with Crippen molar-refractivity contribution in [3.63, 3.8) is 0 Å². The summed E-state index contributed by atoms with van der Waals surface area (Å²) < 4.78 is 2.61. The normalized spacial score (nSPS) is 11.7. The van der Waals surface area contributed by atoms with Gasteiger partial charge in [-0.05, 0) is 36.6 Å². The van der Waals surface area contributed by atoms with Crippen LogP contribution >= 0.6 is 34.8 Å². The molecule has 1 atom stereocenters. The number of carboxylic acid groups (broad SMARTS) is 1. The number of aliphatic carboxylic acids is 1. The molecule has 0 radical (unpaired) electrons. The number of ether oxygens (including phenoxy) is 1. The number of fused-ring (bicyclic) bond motifs is 1. The second-order valence-electron chi connectivity index (χ2n) is 7.52. The molecule has 16 heteroatoms. The number of benzene rings is 1. The van der Waals surface area contributed by atoms with Crippen molar-refractivity contribution < 1.29 is 24.2 Å². The maximum absolute atomic E-state index is 12.5. The van der Waals surface area contributed by atoms with E-state index in [0.29, 0.717) is 11.4 Å². The summed E-state index contributed by atoms with van der Waals surface area (Å²) in [5.74, 6) is -0.894. The molecule has 198 valence electrons. The van der Waals surface area contributed by atoms with Crippen LogP contribution in [0, 0.1) is 12.0 Å². The number of nitrogen functional groups attached to an aromatic ring is 1. The van der Waals surface area contributed by atoms with Gasteiger partial charge in [-0.25, -0.2) is 14.8 Å². The first-order valence-corrected chi connectivity index (χ1v) is 11.7. The first-order chi connectivity index (χ1) is 17.9. The van der Waals surface area contributed by atoms with Gasteiger partial charge >= 0.3 is 11.9 Å². The Labute approximate surface area is 229 Å². The quantitative estimate of drug-likeness (QED) is 0.140. The van der Waals surface area contributed by atoms with E-state index in [2.05, 4.69) is 35.3 Å². The number of rotatable bonds is 9. The van der Waals surface area contributed by atoms with Crippen molar-refractivity contribution in [3.05, 3.63) is 52.1 Å². The number of carboxylic acids is 1. The highest BCUT2D eigenvalue weighted by Crippen LogP contribution is 2.24. The Hall–Kier alpha value is -4.12. The predicted molar refractivity (Wildman–Crippen MR) is 138 cm³/mol. The molecule has 2 heterocycles. The zero-order chi connectivity index (χ0) is 27.9. The molecule has 2 aromatic heterocycles. The van der Waals surface area contributed by atoms with Gasteiger partial charge in [-0.2, -0.15) is 4.98 Å². The van der Waals surface area contributed by atoms with Crippen molar-refractivity contribution in [2.75, 3.05) is 11.1 Å². The molecule has 0 bridgehead atoms. The van der Waals surface area contributed by atoms with Crippen LogP contribution in [0.5, 0.6) is 0 Å². The lowest BCUT2D eigenvalue weighted by atomic mass is 10.1.